The van der Waals surface area contributed by atoms with Crippen LogP contribution in [0, 0.1) is 35.8 Å². The van der Waals surface area contributed by atoms with Crippen molar-refractivity contribution in [2.45, 2.75) is 37.5 Å². The zero-order valence-electron chi connectivity index (χ0n) is 27.7. The number of hydrogen-bond acceptors (Lipinski definition) is 10. The van der Waals surface area contributed by atoms with Crippen molar-refractivity contribution < 1.29 is 19.2 Å². The quantitative estimate of drug-likeness (QED) is 0.0980. The smallest absolute Gasteiger partial charge is 0.197 e. The van der Waals surface area contributed by atoms with Gasteiger partial charge >= 0.3 is 0 Å². The van der Waals surface area contributed by atoms with Crippen LogP contribution in [0.2, 0.25) is 0 Å². The molecular weight excluding hydrogens is 753 g/mol. The number of hydrogen-bond donors (Lipinski definition) is 0. The molecule has 0 amide bonds. The molecule has 2 aromatic carbocycles. The van der Waals surface area contributed by atoms with Gasteiger partial charge in [-0.1, -0.05) is 31.4 Å². The number of carbonyl (C=O) groups is 4. The topological polar surface area (TPSA) is 125 Å². The first-order valence-corrected chi connectivity index (χ1v) is 20.1. The van der Waals surface area contributed by atoms with Crippen molar-refractivity contribution in [1.29, 1.82) is 10.5 Å². The van der Waals surface area contributed by atoms with Gasteiger partial charge in [-0.3, -0.25) is 28.9 Å². The summed E-state index contributed by atoms with van der Waals surface area (Å²) in [5, 5.41) is 18.9. The lowest BCUT2D eigenvalue weighted by atomic mass is 9.67. The molecule has 8 nitrogen and oxygen atoms in total. The van der Waals surface area contributed by atoms with Crippen molar-refractivity contribution in [2.75, 3.05) is 0 Å². The summed E-state index contributed by atoms with van der Waals surface area (Å²) in [7, 11) is 0. The van der Waals surface area contributed by atoms with E-state index in [1.54, 1.807) is 46.2 Å². The molecule has 1 fully saturated rings. The maximum Gasteiger partial charge on any atom is 0.197 e. The van der Waals surface area contributed by atoms with E-state index in [4.69, 9.17) is 13.1 Å². The minimum atomic E-state index is -0.452. The summed E-state index contributed by atoms with van der Waals surface area (Å²) < 4.78 is 6.93. The van der Waals surface area contributed by atoms with Gasteiger partial charge in [-0.05, 0) is 60.4 Å². The van der Waals surface area contributed by atoms with Crippen molar-refractivity contribution >= 4 is 120 Å². The standard InChI is InChI=1S/C42H18N4O4S4/c1-45-28-14-24-25(15-29(28)46-2)36(50)26(35(24)49)10-20-11-30-32(42(20)6-4-3-5-7-42)38-40(52-30)41-39(54-38)37-31(53-41)13-21(51-37)12-27-33(47)22-8-18(16-43)19(17-44)9-23(22)34(27)48/h8-15H,3-7H2. The van der Waals surface area contributed by atoms with E-state index in [0.717, 1.165) is 61.5 Å². The van der Waals surface area contributed by atoms with Crippen molar-refractivity contribution in [3.05, 3.63) is 125 Å². The Morgan fingerprint density at radius 1 is 0.630 bits per heavy atom. The summed E-state index contributed by atoms with van der Waals surface area (Å²) in [6.07, 6.45) is 10.5. The molecule has 0 bridgehead atoms. The highest BCUT2D eigenvalue weighted by Gasteiger charge is 2.46. The molecule has 0 atom stereocenters. The minimum absolute atomic E-state index is 0.0204. The Morgan fingerprint density at radius 2 is 1.17 bits per heavy atom. The number of fused-ring (bicyclic) bond motifs is 10. The van der Waals surface area contributed by atoms with Gasteiger partial charge < -0.3 is 0 Å². The predicted molar refractivity (Wildman–Crippen MR) is 211 cm³/mol. The SMILES string of the molecule is [C-]#[N+]c1cc2c(cc1[N+]#[C-])C(=O)C(=CC1=Cc3sc4c(sc5c6sc(C=C7C(=O)c8cc(C#N)c(C#N)cc8C7=O)cc6sc45)c3C13CCCCC3)C2=O. The monoisotopic (exact) mass is 770 g/mol. The molecule has 6 aromatic rings. The van der Waals surface area contributed by atoms with E-state index in [9.17, 15) is 29.7 Å². The maximum atomic E-state index is 13.7. The number of Topliss-reactive ketones (excluding diaryl/α,β-unsaturated/α-hetero) is 4. The average Bonchev–Trinajstić information content (AvgIpc) is 4.03. The highest BCUT2D eigenvalue weighted by Crippen LogP contribution is 2.61. The van der Waals surface area contributed by atoms with E-state index in [-0.39, 0.29) is 61.3 Å². The predicted octanol–water partition coefficient (Wildman–Crippen LogP) is 11.3. The molecule has 0 unspecified atom stereocenters. The van der Waals surface area contributed by atoms with Crippen molar-refractivity contribution in [2.24, 2.45) is 0 Å². The first kappa shape index (κ1) is 32.5. The van der Waals surface area contributed by atoms with Gasteiger partial charge in [0.2, 0.25) is 0 Å². The third-order valence-corrected chi connectivity index (χ3v) is 16.2. The zero-order valence-corrected chi connectivity index (χ0v) is 31.0. The van der Waals surface area contributed by atoms with Gasteiger partial charge in [-0.15, -0.1) is 45.3 Å². The lowest BCUT2D eigenvalue weighted by Gasteiger charge is -2.36. The Labute approximate surface area is 322 Å². The summed E-state index contributed by atoms with van der Waals surface area (Å²) >= 11 is 6.70. The number of allylic oxidation sites excluding steroid dienone is 4. The molecule has 54 heavy (non-hydrogen) atoms. The molecule has 4 aliphatic carbocycles. The van der Waals surface area contributed by atoms with Crippen molar-refractivity contribution in [1.82, 2.24) is 0 Å². The molecule has 4 aromatic heterocycles. The van der Waals surface area contributed by atoms with Gasteiger partial charge in [-0.2, -0.15) is 10.5 Å². The summed E-state index contributed by atoms with van der Waals surface area (Å²) in [6, 6.07) is 11.3. The number of nitriles is 2. The van der Waals surface area contributed by atoms with E-state index in [1.165, 1.54) is 55.3 Å². The second-order valence-corrected chi connectivity index (χ2v) is 17.9. The van der Waals surface area contributed by atoms with Crippen LogP contribution in [0.3, 0.4) is 0 Å². The zero-order chi connectivity index (χ0) is 37.2. The third-order valence-electron chi connectivity index (χ3n) is 11.0. The summed E-state index contributed by atoms with van der Waals surface area (Å²) in [6.45, 7) is 14.9. The Morgan fingerprint density at radius 3 is 1.74 bits per heavy atom. The normalized spacial score (nSPS) is 16.8. The second-order valence-electron chi connectivity index (χ2n) is 13.7. The molecule has 1 spiro atoms. The first-order valence-electron chi connectivity index (χ1n) is 16.9. The molecule has 0 radical (unpaired) electrons. The Kier molecular flexibility index (Phi) is 6.89. The van der Waals surface area contributed by atoms with Crippen LogP contribution >= 0.6 is 45.3 Å². The molecule has 12 heteroatoms. The summed E-state index contributed by atoms with van der Waals surface area (Å²) in [4.78, 5) is 62.7. The van der Waals surface area contributed by atoms with Crippen molar-refractivity contribution in [3.63, 3.8) is 0 Å². The Hall–Kier alpha value is -6.12. The number of thiophene rings is 4. The number of ketones is 4. The summed E-state index contributed by atoms with van der Waals surface area (Å²) in [5.41, 5.74) is 2.90. The van der Waals surface area contributed by atoms with E-state index in [2.05, 4.69) is 15.8 Å². The molecule has 0 aliphatic heterocycles. The van der Waals surface area contributed by atoms with Crippen LogP contribution in [0.25, 0.3) is 50.0 Å². The highest BCUT2D eigenvalue weighted by atomic mass is 32.1. The van der Waals surface area contributed by atoms with E-state index >= 15 is 0 Å². The van der Waals surface area contributed by atoms with Crippen LogP contribution in [0.1, 0.15) is 100.0 Å². The molecular formula is C42H18N4O4S4. The molecule has 0 saturated heterocycles. The Balaban J connectivity index is 1.05. The third kappa shape index (κ3) is 4.23. The first-order chi connectivity index (χ1) is 26.2. The van der Waals surface area contributed by atoms with Crippen molar-refractivity contribution in [3.8, 4) is 12.1 Å². The van der Waals surface area contributed by atoms with E-state index in [0.29, 0.717) is 0 Å². The van der Waals surface area contributed by atoms with Gasteiger partial charge in [-0.25, -0.2) is 0 Å². The van der Waals surface area contributed by atoms with E-state index in [1.807, 2.05) is 18.2 Å². The number of rotatable bonds is 2. The average molecular weight is 771 g/mol. The lowest BCUT2D eigenvalue weighted by molar-refractivity contribution is 0.0974. The second kappa shape index (κ2) is 11.4. The highest BCUT2D eigenvalue weighted by molar-refractivity contribution is 7.44. The minimum Gasteiger partial charge on any atom is -0.288 e. The van der Waals surface area contributed by atoms with Crippen LogP contribution in [0.5, 0.6) is 0 Å². The fraction of sp³-hybridized carbons (Fsp3) is 0.143. The Bertz CT molecular complexity index is 3050. The lowest BCUT2D eigenvalue weighted by Crippen LogP contribution is -2.29. The van der Waals surface area contributed by atoms with Gasteiger partial charge in [0.1, 0.15) is 12.1 Å². The van der Waals surface area contributed by atoms with Gasteiger partial charge in [0, 0.05) is 42.1 Å². The van der Waals surface area contributed by atoms with Crippen LogP contribution in [0.4, 0.5) is 11.4 Å². The summed E-state index contributed by atoms with van der Waals surface area (Å²) in [5.74, 6) is -1.72. The van der Waals surface area contributed by atoms with Gasteiger partial charge in [0.05, 0.1) is 58.9 Å². The molecule has 1 saturated carbocycles. The maximum absolute atomic E-state index is 13.7. The fourth-order valence-corrected chi connectivity index (χ4v) is 14.5. The van der Waals surface area contributed by atoms with Crippen LogP contribution < -0.4 is 0 Å². The molecule has 10 rings (SSSR count). The molecule has 254 valence electrons. The van der Waals surface area contributed by atoms with Crippen LogP contribution in [-0.2, 0) is 5.41 Å². The van der Waals surface area contributed by atoms with Gasteiger partial charge in [0.25, 0.3) is 0 Å². The molecule has 4 heterocycles. The molecule has 4 aliphatic rings. The van der Waals surface area contributed by atoms with Crippen LogP contribution in [0.15, 0.2) is 53.1 Å². The van der Waals surface area contributed by atoms with Gasteiger partial charge in [0.15, 0.2) is 34.5 Å². The number of benzene rings is 2. The van der Waals surface area contributed by atoms with Crippen LogP contribution in [-0.4, -0.2) is 23.1 Å². The van der Waals surface area contributed by atoms with E-state index < -0.39 is 23.1 Å². The largest absolute Gasteiger partial charge is 0.288 e. The molecule has 0 N–H and O–H groups in total. The number of carbonyl (C=O) groups excluding carboxylic acids is 4. The fourth-order valence-electron chi connectivity index (χ4n) is 8.47. The number of nitrogens with zero attached hydrogens (tertiary/aromatic N) is 4.